The average Bonchev–Trinajstić information content (AvgIpc) is 2.37. The molecule has 0 spiro atoms. The molecule has 0 saturated carbocycles. The first-order valence-electron chi connectivity index (χ1n) is 5.85. The molecule has 7 heteroatoms. The molecule has 0 unspecified atom stereocenters. The standard InChI is InChI=1S/C11H15N3O3S/c15-13-4-1-11(14(16)17)10(8-13)12-7-9-2-5-18-6-3-9/h1,4,8-9,12H,2-3,5-7H2. The molecule has 2 rings (SSSR count). The van der Waals surface area contributed by atoms with Gasteiger partial charge in [-0.05, 0) is 30.3 Å². The fourth-order valence-electron chi connectivity index (χ4n) is 1.97. The number of anilines is 1. The lowest BCUT2D eigenvalue weighted by Gasteiger charge is -2.21. The van der Waals surface area contributed by atoms with Crippen LogP contribution in [-0.2, 0) is 0 Å². The number of aromatic nitrogens is 1. The third-order valence-electron chi connectivity index (χ3n) is 3.03. The van der Waals surface area contributed by atoms with E-state index in [-0.39, 0.29) is 5.69 Å². The van der Waals surface area contributed by atoms with Gasteiger partial charge in [0, 0.05) is 6.54 Å². The van der Waals surface area contributed by atoms with E-state index in [0.29, 0.717) is 22.9 Å². The zero-order chi connectivity index (χ0) is 13.0. The number of pyridine rings is 1. The van der Waals surface area contributed by atoms with Gasteiger partial charge < -0.3 is 10.5 Å². The van der Waals surface area contributed by atoms with Crippen LogP contribution in [0.15, 0.2) is 18.5 Å². The van der Waals surface area contributed by atoms with Gasteiger partial charge in [-0.2, -0.15) is 16.5 Å². The van der Waals surface area contributed by atoms with E-state index in [4.69, 9.17) is 0 Å². The first-order chi connectivity index (χ1) is 8.66. The number of nitro groups is 1. The van der Waals surface area contributed by atoms with Crippen molar-refractivity contribution in [3.63, 3.8) is 0 Å². The maximum absolute atomic E-state index is 11.2. The summed E-state index contributed by atoms with van der Waals surface area (Å²) in [6.07, 6.45) is 4.60. The molecule has 1 saturated heterocycles. The van der Waals surface area contributed by atoms with E-state index in [9.17, 15) is 15.3 Å². The number of rotatable bonds is 4. The van der Waals surface area contributed by atoms with E-state index in [1.165, 1.54) is 12.3 Å². The Morgan fingerprint density at radius 3 is 2.89 bits per heavy atom. The largest absolute Gasteiger partial charge is 0.619 e. The van der Waals surface area contributed by atoms with Crippen LogP contribution in [0, 0.1) is 21.2 Å². The predicted octanol–water partition coefficient (Wildman–Crippen LogP) is 1.78. The lowest BCUT2D eigenvalue weighted by molar-refractivity contribution is -0.605. The summed E-state index contributed by atoms with van der Waals surface area (Å²) >= 11 is 1.94. The summed E-state index contributed by atoms with van der Waals surface area (Å²) in [7, 11) is 0. The predicted molar refractivity (Wildman–Crippen MR) is 70.6 cm³/mol. The molecule has 1 aromatic heterocycles. The van der Waals surface area contributed by atoms with Crippen molar-refractivity contribution in [3.05, 3.63) is 33.8 Å². The van der Waals surface area contributed by atoms with Crippen molar-refractivity contribution in [3.8, 4) is 0 Å². The van der Waals surface area contributed by atoms with E-state index in [1.54, 1.807) is 0 Å². The summed E-state index contributed by atoms with van der Waals surface area (Å²) in [4.78, 5) is 10.4. The molecule has 0 atom stereocenters. The second-order valence-corrected chi connectivity index (χ2v) is 5.52. The highest BCUT2D eigenvalue weighted by Crippen LogP contribution is 2.25. The van der Waals surface area contributed by atoms with Crippen molar-refractivity contribution >= 4 is 23.1 Å². The maximum atomic E-state index is 11.2. The van der Waals surface area contributed by atoms with Gasteiger partial charge >= 0.3 is 5.69 Å². The van der Waals surface area contributed by atoms with Gasteiger partial charge in [0.1, 0.15) is 0 Å². The smallest absolute Gasteiger partial charge is 0.304 e. The summed E-state index contributed by atoms with van der Waals surface area (Å²) in [6, 6.07) is 1.23. The van der Waals surface area contributed by atoms with Crippen LogP contribution in [0.1, 0.15) is 12.8 Å². The Morgan fingerprint density at radius 1 is 1.50 bits per heavy atom. The van der Waals surface area contributed by atoms with Gasteiger partial charge in [-0.25, -0.2) is 0 Å². The minimum absolute atomic E-state index is 0.0488. The van der Waals surface area contributed by atoms with Crippen molar-refractivity contribution in [2.45, 2.75) is 12.8 Å². The van der Waals surface area contributed by atoms with Gasteiger partial charge in [0.15, 0.2) is 11.9 Å². The Bertz CT molecular complexity index is 436. The minimum atomic E-state index is -0.473. The van der Waals surface area contributed by atoms with E-state index < -0.39 is 4.92 Å². The topological polar surface area (TPSA) is 82.1 Å². The third kappa shape index (κ3) is 3.25. The summed E-state index contributed by atoms with van der Waals surface area (Å²) in [5.41, 5.74) is 0.253. The Hall–Kier alpha value is -1.50. The molecular formula is C11H15N3O3S. The highest BCUT2D eigenvalue weighted by molar-refractivity contribution is 7.99. The molecule has 0 radical (unpaired) electrons. The van der Waals surface area contributed by atoms with Crippen LogP contribution in [0.25, 0.3) is 0 Å². The Kier molecular flexibility index (Phi) is 4.24. The zero-order valence-corrected chi connectivity index (χ0v) is 10.7. The van der Waals surface area contributed by atoms with E-state index in [1.807, 2.05) is 11.8 Å². The molecule has 98 valence electrons. The van der Waals surface area contributed by atoms with Crippen LogP contribution >= 0.6 is 11.8 Å². The quantitative estimate of drug-likeness (QED) is 0.390. The van der Waals surface area contributed by atoms with Gasteiger partial charge in [-0.15, -0.1) is 0 Å². The highest BCUT2D eigenvalue weighted by atomic mass is 32.2. The first kappa shape index (κ1) is 12.9. The molecule has 0 aliphatic carbocycles. The Morgan fingerprint density at radius 2 is 2.22 bits per heavy atom. The molecule has 0 amide bonds. The molecule has 1 aromatic rings. The van der Waals surface area contributed by atoms with Crippen LogP contribution < -0.4 is 10.0 Å². The van der Waals surface area contributed by atoms with Crippen LogP contribution in [0.3, 0.4) is 0 Å². The SMILES string of the molecule is O=[N+]([O-])c1cc[n+]([O-])cc1NCC1CCSCC1. The van der Waals surface area contributed by atoms with E-state index in [2.05, 4.69) is 5.32 Å². The van der Waals surface area contributed by atoms with Crippen LogP contribution in [0.5, 0.6) is 0 Å². The number of hydrogen-bond acceptors (Lipinski definition) is 5. The number of thioether (sulfide) groups is 1. The lowest BCUT2D eigenvalue weighted by Crippen LogP contribution is -2.27. The molecular weight excluding hydrogens is 254 g/mol. The second-order valence-electron chi connectivity index (χ2n) is 4.30. The van der Waals surface area contributed by atoms with Gasteiger partial charge in [0.25, 0.3) is 0 Å². The molecule has 2 heterocycles. The van der Waals surface area contributed by atoms with E-state index in [0.717, 1.165) is 30.5 Å². The molecule has 1 aliphatic heterocycles. The Labute approximate surface area is 109 Å². The summed E-state index contributed by atoms with van der Waals surface area (Å²) in [6.45, 7) is 0.686. The lowest BCUT2D eigenvalue weighted by atomic mass is 10.0. The number of hydrogen-bond donors (Lipinski definition) is 1. The van der Waals surface area contributed by atoms with Crippen molar-refractivity contribution in [2.24, 2.45) is 5.92 Å². The molecule has 18 heavy (non-hydrogen) atoms. The van der Waals surface area contributed by atoms with Crippen molar-refractivity contribution < 1.29 is 9.65 Å². The van der Waals surface area contributed by atoms with Crippen LogP contribution in [-0.4, -0.2) is 23.0 Å². The minimum Gasteiger partial charge on any atom is -0.619 e. The summed E-state index contributed by atoms with van der Waals surface area (Å²) < 4.78 is 0.575. The molecule has 0 bridgehead atoms. The van der Waals surface area contributed by atoms with Crippen LogP contribution in [0.2, 0.25) is 0 Å². The van der Waals surface area contributed by atoms with Gasteiger partial charge in [0.05, 0.1) is 11.0 Å². The first-order valence-corrected chi connectivity index (χ1v) is 7.01. The van der Waals surface area contributed by atoms with E-state index >= 15 is 0 Å². The van der Waals surface area contributed by atoms with Gasteiger partial charge in [-0.3, -0.25) is 10.1 Å². The number of nitrogens with one attached hydrogen (secondary N) is 1. The van der Waals surface area contributed by atoms with Crippen molar-refractivity contribution in [1.29, 1.82) is 0 Å². The average molecular weight is 269 g/mol. The second kappa shape index (κ2) is 5.90. The van der Waals surface area contributed by atoms with Gasteiger partial charge in [0.2, 0.25) is 6.20 Å². The Balaban J connectivity index is 2.03. The third-order valence-corrected chi connectivity index (χ3v) is 4.08. The molecule has 6 nitrogen and oxygen atoms in total. The van der Waals surface area contributed by atoms with Gasteiger partial charge in [-0.1, -0.05) is 0 Å². The molecule has 1 aliphatic rings. The van der Waals surface area contributed by atoms with Crippen LogP contribution in [0.4, 0.5) is 11.4 Å². The normalized spacial score (nSPS) is 16.4. The van der Waals surface area contributed by atoms with Crippen molar-refractivity contribution in [2.75, 3.05) is 23.4 Å². The summed E-state index contributed by atoms with van der Waals surface area (Å²) in [5.74, 6) is 2.82. The molecule has 0 aromatic carbocycles. The summed E-state index contributed by atoms with van der Waals surface area (Å²) in [5, 5.41) is 25.0. The molecule has 1 N–H and O–H groups in total. The fraction of sp³-hybridized carbons (Fsp3) is 0.545. The number of nitrogens with zero attached hydrogens (tertiary/aromatic N) is 2. The van der Waals surface area contributed by atoms with Crippen molar-refractivity contribution in [1.82, 2.24) is 0 Å². The fourth-order valence-corrected chi connectivity index (χ4v) is 3.17. The zero-order valence-electron chi connectivity index (χ0n) is 9.87. The molecule has 1 fully saturated rings. The monoisotopic (exact) mass is 269 g/mol. The highest BCUT2D eigenvalue weighted by Gasteiger charge is 2.19. The maximum Gasteiger partial charge on any atom is 0.304 e.